The molecular weight excluding hydrogens is 370 g/mol. The first kappa shape index (κ1) is 18.9. The van der Waals surface area contributed by atoms with Gasteiger partial charge in [-0.25, -0.2) is 14.8 Å². The molecule has 0 radical (unpaired) electrons. The first-order valence-electron chi connectivity index (χ1n) is 9.65. The second-order valence-electron chi connectivity index (χ2n) is 7.25. The van der Waals surface area contributed by atoms with E-state index in [9.17, 15) is 9.90 Å². The van der Waals surface area contributed by atoms with Crippen molar-refractivity contribution in [3.05, 3.63) is 47.9 Å². The average molecular weight is 393 g/mol. The molecule has 2 heterocycles. The lowest BCUT2D eigenvalue weighted by Crippen LogP contribution is -2.31. The highest BCUT2D eigenvalue weighted by molar-refractivity contribution is 6.06. The summed E-state index contributed by atoms with van der Waals surface area (Å²) < 4.78 is 6.25. The van der Waals surface area contributed by atoms with Crippen LogP contribution in [0.2, 0.25) is 0 Å². The van der Waals surface area contributed by atoms with Crippen LogP contribution in [0.15, 0.2) is 36.7 Å². The highest BCUT2D eigenvalue weighted by Crippen LogP contribution is 2.35. The zero-order valence-corrected chi connectivity index (χ0v) is 16.1. The molecule has 0 bridgehead atoms. The van der Waals surface area contributed by atoms with Crippen LogP contribution in [0.5, 0.6) is 5.75 Å². The number of aromatic carboxylic acids is 1. The third-order valence-electron chi connectivity index (χ3n) is 5.27. The SMILES string of the molecule is Cc1nc2cccc(O[C@H]3CC[C@H](Nc4ncccn4)CC3)c2c(N)c1C(=O)O. The monoisotopic (exact) mass is 393 g/mol. The lowest BCUT2D eigenvalue weighted by Gasteiger charge is -2.30. The van der Waals surface area contributed by atoms with Crippen LogP contribution in [-0.4, -0.2) is 38.2 Å². The molecule has 0 spiro atoms. The molecule has 0 saturated heterocycles. The minimum atomic E-state index is -1.08. The number of hydrogen-bond donors (Lipinski definition) is 3. The summed E-state index contributed by atoms with van der Waals surface area (Å²) in [6, 6.07) is 7.58. The van der Waals surface area contributed by atoms with Crippen molar-refractivity contribution in [2.75, 3.05) is 11.1 Å². The topological polar surface area (TPSA) is 123 Å². The average Bonchev–Trinajstić information content (AvgIpc) is 2.70. The Morgan fingerprint density at radius 1 is 1.17 bits per heavy atom. The molecule has 1 aliphatic rings. The molecule has 0 amide bonds. The van der Waals surface area contributed by atoms with Crippen LogP contribution in [0, 0.1) is 6.92 Å². The molecule has 1 saturated carbocycles. The number of hydrogen-bond acceptors (Lipinski definition) is 7. The van der Waals surface area contributed by atoms with Gasteiger partial charge in [0.05, 0.1) is 28.4 Å². The molecule has 0 aliphatic heterocycles. The number of ether oxygens (including phenoxy) is 1. The number of anilines is 2. The molecule has 4 N–H and O–H groups in total. The predicted molar refractivity (Wildman–Crippen MR) is 110 cm³/mol. The molecule has 8 nitrogen and oxygen atoms in total. The summed E-state index contributed by atoms with van der Waals surface area (Å²) >= 11 is 0. The highest BCUT2D eigenvalue weighted by atomic mass is 16.5. The molecule has 1 aromatic carbocycles. The lowest BCUT2D eigenvalue weighted by molar-refractivity contribution is 0.0697. The summed E-state index contributed by atoms with van der Waals surface area (Å²) in [5.74, 6) is 0.137. The van der Waals surface area contributed by atoms with Crippen LogP contribution in [-0.2, 0) is 0 Å². The summed E-state index contributed by atoms with van der Waals surface area (Å²) in [5.41, 5.74) is 7.48. The van der Waals surface area contributed by atoms with Crippen molar-refractivity contribution < 1.29 is 14.6 Å². The number of aromatic nitrogens is 3. The number of benzene rings is 1. The van der Waals surface area contributed by atoms with E-state index < -0.39 is 5.97 Å². The van der Waals surface area contributed by atoms with Crippen LogP contribution in [0.3, 0.4) is 0 Å². The molecule has 29 heavy (non-hydrogen) atoms. The number of nitrogens with one attached hydrogen (secondary N) is 1. The summed E-state index contributed by atoms with van der Waals surface area (Å²) in [4.78, 5) is 24.4. The van der Waals surface area contributed by atoms with E-state index in [4.69, 9.17) is 10.5 Å². The van der Waals surface area contributed by atoms with E-state index in [1.165, 1.54) is 0 Å². The van der Waals surface area contributed by atoms with Crippen molar-refractivity contribution in [3.8, 4) is 5.75 Å². The number of pyridine rings is 1. The van der Waals surface area contributed by atoms with Crippen molar-refractivity contribution in [1.82, 2.24) is 15.0 Å². The Labute approximate surface area is 168 Å². The second-order valence-corrected chi connectivity index (χ2v) is 7.25. The fourth-order valence-electron chi connectivity index (χ4n) is 3.87. The van der Waals surface area contributed by atoms with Crippen LogP contribution in [0.4, 0.5) is 11.6 Å². The van der Waals surface area contributed by atoms with E-state index in [-0.39, 0.29) is 17.4 Å². The van der Waals surface area contributed by atoms with E-state index in [0.717, 1.165) is 25.7 Å². The van der Waals surface area contributed by atoms with Gasteiger partial charge < -0.3 is 20.9 Å². The van der Waals surface area contributed by atoms with Gasteiger partial charge >= 0.3 is 5.97 Å². The Morgan fingerprint density at radius 3 is 2.59 bits per heavy atom. The maximum Gasteiger partial charge on any atom is 0.339 e. The first-order chi connectivity index (χ1) is 14.0. The number of rotatable bonds is 5. The summed E-state index contributed by atoms with van der Waals surface area (Å²) in [6.45, 7) is 1.65. The third-order valence-corrected chi connectivity index (χ3v) is 5.27. The number of nitrogens with two attached hydrogens (primary N) is 1. The first-order valence-corrected chi connectivity index (χ1v) is 9.65. The van der Waals surface area contributed by atoms with E-state index in [0.29, 0.717) is 34.3 Å². The van der Waals surface area contributed by atoms with Crippen LogP contribution in [0.25, 0.3) is 10.9 Å². The number of fused-ring (bicyclic) bond motifs is 1. The van der Waals surface area contributed by atoms with Crippen LogP contribution in [0.1, 0.15) is 41.7 Å². The maximum atomic E-state index is 11.6. The largest absolute Gasteiger partial charge is 0.490 e. The number of nitrogen functional groups attached to an aromatic ring is 1. The Hall–Kier alpha value is -3.42. The van der Waals surface area contributed by atoms with Crippen molar-refractivity contribution in [1.29, 1.82) is 0 Å². The van der Waals surface area contributed by atoms with Crippen molar-refractivity contribution in [3.63, 3.8) is 0 Å². The Kier molecular flexibility index (Phi) is 5.16. The Morgan fingerprint density at radius 2 is 1.90 bits per heavy atom. The van der Waals surface area contributed by atoms with Gasteiger partial charge in [-0.1, -0.05) is 6.07 Å². The van der Waals surface area contributed by atoms with E-state index in [2.05, 4.69) is 20.3 Å². The molecule has 150 valence electrons. The summed E-state index contributed by atoms with van der Waals surface area (Å²) in [7, 11) is 0. The molecule has 0 unspecified atom stereocenters. The summed E-state index contributed by atoms with van der Waals surface area (Å²) in [5, 5.41) is 13.4. The van der Waals surface area contributed by atoms with Gasteiger partial charge in [0.1, 0.15) is 11.3 Å². The minimum absolute atomic E-state index is 0.0318. The Bertz CT molecular complexity index is 1030. The van der Waals surface area contributed by atoms with Crippen molar-refractivity contribution in [2.45, 2.75) is 44.8 Å². The van der Waals surface area contributed by atoms with Gasteiger partial charge in [0.2, 0.25) is 5.95 Å². The normalized spacial score (nSPS) is 19.1. The number of nitrogens with zero attached hydrogens (tertiary/aromatic N) is 3. The standard InChI is InChI=1S/C21H23N5O3/c1-12-17(20(27)28)19(22)18-15(25-12)4-2-5-16(18)29-14-8-6-13(7-9-14)26-21-23-10-3-11-24-21/h2-5,10-11,13-14H,6-9H2,1H3,(H2,22,25)(H,27,28)(H,23,24,26)/t13-,14-. The molecular formula is C21H23N5O3. The minimum Gasteiger partial charge on any atom is -0.490 e. The van der Waals surface area contributed by atoms with Gasteiger partial charge in [0.15, 0.2) is 0 Å². The van der Waals surface area contributed by atoms with Gasteiger partial charge in [-0.2, -0.15) is 0 Å². The quantitative estimate of drug-likeness (QED) is 0.602. The lowest BCUT2D eigenvalue weighted by atomic mass is 9.93. The molecule has 4 rings (SSSR count). The fraction of sp³-hybridized carbons (Fsp3) is 0.333. The van der Waals surface area contributed by atoms with E-state index >= 15 is 0 Å². The van der Waals surface area contributed by atoms with Crippen LogP contribution < -0.4 is 15.8 Å². The molecule has 1 aliphatic carbocycles. The van der Waals surface area contributed by atoms with Gasteiger partial charge in [-0.15, -0.1) is 0 Å². The molecule has 2 aromatic heterocycles. The Balaban J connectivity index is 1.50. The zero-order chi connectivity index (χ0) is 20.4. The molecule has 3 aromatic rings. The number of carboxylic acids is 1. The third kappa shape index (κ3) is 3.91. The smallest absolute Gasteiger partial charge is 0.339 e. The van der Waals surface area contributed by atoms with Crippen LogP contribution >= 0.6 is 0 Å². The van der Waals surface area contributed by atoms with Gasteiger partial charge in [-0.05, 0) is 50.8 Å². The number of carbonyl (C=O) groups is 1. The number of aryl methyl sites for hydroxylation is 1. The van der Waals surface area contributed by atoms with Gasteiger partial charge in [0.25, 0.3) is 0 Å². The number of carboxylic acid groups (broad SMARTS) is 1. The van der Waals surface area contributed by atoms with Crippen molar-refractivity contribution >= 4 is 28.5 Å². The molecule has 1 fully saturated rings. The van der Waals surface area contributed by atoms with E-state index in [1.54, 1.807) is 25.4 Å². The van der Waals surface area contributed by atoms with E-state index in [1.807, 2.05) is 18.2 Å². The molecule has 0 atom stereocenters. The summed E-state index contributed by atoms with van der Waals surface area (Å²) in [6.07, 6.45) is 7.07. The predicted octanol–water partition coefficient (Wildman–Crippen LogP) is 3.42. The molecule has 8 heteroatoms. The van der Waals surface area contributed by atoms with Gasteiger partial charge in [0, 0.05) is 18.4 Å². The highest BCUT2D eigenvalue weighted by Gasteiger charge is 2.25. The van der Waals surface area contributed by atoms with Gasteiger partial charge in [-0.3, -0.25) is 4.98 Å². The second kappa shape index (κ2) is 7.90. The van der Waals surface area contributed by atoms with Crippen molar-refractivity contribution in [2.24, 2.45) is 0 Å². The fourth-order valence-corrected chi connectivity index (χ4v) is 3.87. The zero-order valence-electron chi connectivity index (χ0n) is 16.1. The maximum absolute atomic E-state index is 11.6.